The van der Waals surface area contributed by atoms with Crippen molar-refractivity contribution in [2.75, 3.05) is 7.11 Å². The van der Waals surface area contributed by atoms with Crippen LogP contribution in [0.2, 0.25) is 0 Å². The van der Waals surface area contributed by atoms with Crippen molar-refractivity contribution in [2.24, 2.45) is 0 Å². The van der Waals surface area contributed by atoms with Gasteiger partial charge in [0.2, 0.25) is 0 Å². The molecule has 0 radical (unpaired) electrons. The zero-order chi connectivity index (χ0) is 13.9. The van der Waals surface area contributed by atoms with Gasteiger partial charge in [-0.25, -0.2) is 4.79 Å². The third-order valence-electron chi connectivity index (χ3n) is 3.68. The van der Waals surface area contributed by atoms with Crippen LogP contribution in [0, 0.1) is 0 Å². The Kier molecular flexibility index (Phi) is 3.98. The molecule has 1 aromatic rings. The van der Waals surface area contributed by atoms with Gasteiger partial charge in [0, 0.05) is 0 Å². The first-order valence-electron chi connectivity index (χ1n) is 6.64. The minimum atomic E-state index is -0.964. The summed E-state index contributed by atoms with van der Waals surface area (Å²) in [5.41, 5.74) is 0.0361. The molecule has 0 saturated heterocycles. The molecule has 4 nitrogen and oxygen atoms in total. The first kappa shape index (κ1) is 13.7. The van der Waals surface area contributed by atoms with E-state index in [0.717, 1.165) is 12.8 Å². The monoisotopic (exact) mass is 264 g/mol. The fourth-order valence-corrected chi connectivity index (χ4v) is 2.55. The molecule has 1 N–H and O–H groups in total. The molecular formula is C15H20O4. The molecule has 1 saturated carbocycles. The summed E-state index contributed by atoms with van der Waals surface area (Å²) in [7, 11) is 1.52. The summed E-state index contributed by atoms with van der Waals surface area (Å²) in [5, 5.41) is 8.97. The Bertz CT molecular complexity index is 461. The second kappa shape index (κ2) is 5.51. The van der Waals surface area contributed by atoms with Crippen LogP contribution in [0.15, 0.2) is 18.2 Å². The Hall–Kier alpha value is -1.71. The highest BCUT2D eigenvalue weighted by molar-refractivity contribution is 5.88. The predicted octanol–water partition coefficient (Wildman–Crippen LogP) is 3.50. The van der Waals surface area contributed by atoms with Crippen LogP contribution in [-0.4, -0.2) is 23.8 Å². The lowest BCUT2D eigenvalue weighted by Crippen LogP contribution is -2.34. The molecule has 0 aliphatic heterocycles. The molecule has 0 atom stereocenters. The van der Waals surface area contributed by atoms with Crippen LogP contribution >= 0.6 is 0 Å². The van der Waals surface area contributed by atoms with Crippen LogP contribution in [-0.2, 0) is 0 Å². The number of carboxylic acid groups (broad SMARTS) is 1. The number of ether oxygens (including phenoxy) is 2. The van der Waals surface area contributed by atoms with Gasteiger partial charge in [0.05, 0.1) is 12.7 Å². The zero-order valence-electron chi connectivity index (χ0n) is 11.4. The predicted molar refractivity (Wildman–Crippen MR) is 72.1 cm³/mol. The molecule has 4 heteroatoms. The molecular weight excluding hydrogens is 244 g/mol. The maximum absolute atomic E-state index is 10.9. The van der Waals surface area contributed by atoms with Crippen molar-refractivity contribution < 1.29 is 19.4 Å². The lowest BCUT2D eigenvalue weighted by molar-refractivity contribution is 0.0459. The van der Waals surface area contributed by atoms with E-state index in [1.54, 1.807) is 12.1 Å². The smallest absolute Gasteiger partial charge is 0.335 e. The zero-order valence-corrected chi connectivity index (χ0v) is 11.4. The Morgan fingerprint density at radius 1 is 1.21 bits per heavy atom. The number of methoxy groups -OCH3 is 1. The van der Waals surface area contributed by atoms with Crippen LogP contribution in [0.4, 0.5) is 0 Å². The minimum absolute atomic E-state index is 0.170. The van der Waals surface area contributed by atoms with E-state index in [1.165, 1.54) is 32.4 Å². The molecule has 0 spiro atoms. The van der Waals surface area contributed by atoms with E-state index in [0.29, 0.717) is 11.5 Å². The number of carboxylic acids is 1. The van der Waals surface area contributed by atoms with Crippen molar-refractivity contribution in [1.82, 2.24) is 0 Å². The topological polar surface area (TPSA) is 55.8 Å². The maximum Gasteiger partial charge on any atom is 0.335 e. The fraction of sp³-hybridized carbons (Fsp3) is 0.533. The van der Waals surface area contributed by atoms with Crippen molar-refractivity contribution in [3.63, 3.8) is 0 Å². The average molecular weight is 264 g/mol. The van der Waals surface area contributed by atoms with Crippen LogP contribution in [0.3, 0.4) is 0 Å². The van der Waals surface area contributed by atoms with Gasteiger partial charge in [-0.05, 0) is 50.8 Å². The van der Waals surface area contributed by atoms with Crippen LogP contribution in [0.5, 0.6) is 11.5 Å². The van der Waals surface area contributed by atoms with Crippen molar-refractivity contribution in [3.05, 3.63) is 23.8 Å². The number of hydrogen-bond acceptors (Lipinski definition) is 3. The van der Waals surface area contributed by atoms with E-state index in [9.17, 15) is 4.79 Å². The molecule has 0 bridgehead atoms. The largest absolute Gasteiger partial charge is 0.493 e. The minimum Gasteiger partial charge on any atom is -0.493 e. The molecule has 1 aromatic carbocycles. The number of hydrogen-bond donors (Lipinski definition) is 1. The normalized spacial score (nSPS) is 17.8. The molecule has 104 valence electrons. The first-order chi connectivity index (χ1) is 9.04. The van der Waals surface area contributed by atoms with E-state index in [2.05, 4.69) is 6.92 Å². The highest BCUT2D eigenvalue weighted by Crippen LogP contribution is 2.37. The van der Waals surface area contributed by atoms with Gasteiger partial charge in [0.1, 0.15) is 5.60 Å². The van der Waals surface area contributed by atoms with Crippen LogP contribution in [0.25, 0.3) is 0 Å². The fourth-order valence-electron chi connectivity index (χ4n) is 2.55. The number of carbonyl (C=O) groups is 1. The summed E-state index contributed by atoms with van der Waals surface area (Å²) in [6.07, 6.45) is 5.65. The van der Waals surface area contributed by atoms with Crippen molar-refractivity contribution in [1.29, 1.82) is 0 Å². The second-order valence-electron chi connectivity index (χ2n) is 5.28. The number of rotatable bonds is 4. The molecule has 1 aliphatic carbocycles. The van der Waals surface area contributed by atoms with E-state index in [4.69, 9.17) is 14.6 Å². The number of benzene rings is 1. The average Bonchev–Trinajstić information content (AvgIpc) is 2.39. The lowest BCUT2D eigenvalue weighted by Gasteiger charge is -2.34. The second-order valence-corrected chi connectivity index (χ2v) is 5.28. The van der Waals surface area contributed by atoms with Gasteiger partial charge in [0.15, 0.2) is 11.5 Å². The molecule has 0 aromatic heterocycles. The summed E-state index contributed by atoms with van der Waals surface area (Å²) in [5.74, 6) is 0.136. The SMILES string of the molecule is COc1cc(C(=O)O)ccc1OC1(C)CCCCC1. The van der Waals surface area contributed by atoms with Crippen LogP contribution in [0.1, 0.15) is 49.4 Å². The summed E-state index contributed by atoms with van der Waals surface area (Å²) in [4.78, 5) is 10.9. The van der Waals surface area contributed by atoms with Gasteiger partial charge in [0.25, 0.3) is 0 Å². The number of aromatic carboxylic acids is 1. The van der Waals surface area contributed by atoms with Crippen LogP contribution < -0.4 is 9.47 Å². The lowest BCUT2D eigenvalue weighted by atomic mass is 9.86. The Balaban J connectivity index is 2.22. The Morgan fingerprint density at radius 2 is 1.89 bits per heavy atom. The van der Waals surface area contributed by atoms with Crippen molar-refractivity contribution >= 4 is 5.97 Å². The summed E-state index contributed by atoms with van der Waals surface area (Å²) >= 11 is 0. The highest BCUT2D eigenvalue weighted by atomic mass is 16.5. The van der Waals surface area contributed by atoms with E-state index in [-0.39, 0.29) is 11.2 Å². The quantitative estimate of drug-likeness (QED) is 0.904. The molecule has 19 heavy (non-hydrogen) atoms. The molecule has 1 aliphatic rings. The highest BCUT2D eigenvalue weighted by Gasteiger charge is 2.29. The van der Waals surface area contributed by atoms with Gasteiger partial charge >= 0.3 is 5.97 Å². The van der Waals surface area contributed by atoms with Gasteiger partial charge in [-0.1, -0.05) is 6.42 Å². The summed E-state index contributed by atoms with van der Waals surface area (Å²) in [6, 6.07) is 4.73. The third-order valence-corrected chi connectivity index (χ3v) is 3.68. The molecule has 0 heterocycles. The molecule has 1 fully saturated rings. The van der Waals surface area contributed by atoms with Gasteiger partial charge in [-0.2, -0.15) is 0 Å². The Labute approximate surface area is 113 Å². The van der Waals surface area contributed by atoms with Crippen molar-refractivity contribution in [3.8, 4) is 11.5 Å². The first-order valence-corrected chi connectivity index (χ1v) is 6.64. The van der Waals surface area contributed by atoms with E-state index >= 15 is 0 Å². The Morgan fingerprint density at radius 3 is 2.47 bits per heavy atom. The van der Waals surface area contributed by atoms with Crippen molar-refractivity contribution in [2.45, 2.75) is 44.6 Å². The van der Waals surface area contributed by atoms with E-state index < -0.39 is 5.97 Å². The molecule has 0 unspecified atom stereocenters. The third kappa shape index (κ3) is 3.19. The van der Waals surface area contributed by atoms with Gasteiger partial charge in [-0.3, -0.25) is 0 Å². The standard InChI is InChI=1S/C15H20O4/c1-15(8-4-3-5-9-15)19-12-7-6-11(14(16)17)10-13(12)18-2/h6-7,10H,3-5,8-9H2,1-2H3,(H,16,17). The molecule has 0 amide bonds. The summed E-state index contributed by atoms with van der Waals surface area (Å²) in [6.45, 7) is 2.11. The van der Waals surface area contributed by atoms with Gasteiger partial charge < -0.3 is 14.6 Å². The maximum atomic E-state index is 10.9. The summed E-state index contributed by atoms with van der Waals surface area (Å²) < 4.78 is 11.3. The van der Waals surface area contributed by atoms with E-state index in [1.807, 2.05) is 0 Å². The molecule has 2 rings (SSSR count). The van der Waals surface area contributed by atoms with Gasteiger partial charge in [-0.15, -0.1) is 0 Å².